The van der Waals surface area contributed by atoms with Gasteiger partial charge in [-0.2, -0.15) is 5.10 Å². The lowest BCUT2D eigenvalue weighted by molar-refractivity contribution is 0.0687. The molecule has 0 aliphatic heterocycles. The maximum Gasteiger partial charge on any atom is 0.356 e. The van der Waals surface area contributed by atoms with E-state index >= 15 is 0 Å². The average molecular weight is 300 g/mol. The molecule has 0 atom stereocenters. The van der Waals surface area contributed by atoms with E-state index in [0.717, 1.165) is 5.56 Å². The van der Waals surface area contributed by atoms with E-state index in [1.165, 1.54) is 22.3 Å². The number of hydrogen-bond donors (Lipinski definition) is 1. The van der Waals surface area contributed by atoms with Crippen LogP contribution in [0.5, 0.6) is 0 Å². The molecule has 0 amide bonds. The topological polar surface area (TPSA) is 55.1 Å². The summed E-state index contributed by atoms with van der Waals surface area (Å²) in [7, 11) is 0. The summed E-state index contributed by atoms with van der Waals surface area (Å²) in [6.45, 7) is 12.3. The number of hydrogen-bond acceptors (Lipinski definition) is 2. The van der Waals surface area contributed by atoms with Crippen LogP contribution in [0.3, 0.4) is 0 Å². The van der Waals surface area contributed by atoms with E-state index in [-0.39, 0.29) is 11.2 Å². The summed E-state index contributed by atoms with van der Waals surface area (Å²) >= 11 is 0. The number of carboxylic acids is 1. The molecule has 0 saturated carbocycles. The Labute approximate surface area is 131 Å². The smallest absolute Gasteiger partial charge is 0.356 e. The van der Waals surface area contributed by atoms with Crippen molar-refractivity contribution in [3.05, 3.63) is 51.8 Å². The summed E-state index contributed by atoms with van der Waals surface area (Å²) in [5.74, 6) is -0.972. The van der Waals surface area contributed by atoms with Gasteiger partial charge in [0.1, 0.15) is 0 Å². The van der Waals surface area contributed by atoms with Crippen molar-refractivity contribution in [3.8, 4) is 0 Å². The van der Waals surface area contributed by atoms with Gasteiger partial charge < -0.3 is 5.11 Å². The van der Waals surface area contributed by atoms with Crippen molar-refractivity contribution < 1.29 is 9.90 Å². The standard InChI is InChI=1S/C18H24N2O2/c1-11-7-12(2)15(13(3)8-11)9-14-10-20(18(4,5)6)19-16(14)17(21)22/h7-8,10H,9H2,1-6H3,(H,21,22). The van der Waals surface area contributed by atoms with Crippen molar-refractivity contribution in [2.24, 2.45) is 0 Å². The van der Waals surface area contributed by atoms with Crippen molar-refractivity contribution in [1.82, 2.24) is 9.78 Å². The van der Waals surface area contributed by atoms with Crippen molar-refractivity contribution in [3.63, 3.8) is 0 Å². The zero-order valence-electron chi connectivity index (χ0n) is 14.2. The zero-order chi connectivity index (χ0) is 16.7. The molecular weight excluding hydrogens is 276 g/mol. The van der Waals surface area contributed by atoms with Crippen LogP contribution in [0.25, 0.3) is 0 Å². The van der Waals surface area contributed by atoms with Gasteiger partial charge in [-0.3, -0.25) is 4.68 Å². The summed E-state index contributed by atoms with van der Waals surface area (Å²) in [5, 5.41) is 13.7. The predicted octanol–water partition coefficient (Wildman–Crippen LogP) is 3.85. The van der Waals surface area contributed by atoms with E-state index in [0.29, 0.717) is 6.42 Å². The van der Waals surface area contributed by atoms with Gasteiger partial charge in [-0.15, -0.1) is 0 Å². The molecule has 0 fully saturated rings. The fourth-order valence-electron chi connectivity index (χ4n) is 2.74. The normalized spacial score (nSPS) is 11.7. The Morgan fingerprint density at radius 3 is 2.18 bits per heavy atom. The second-order valence-electron chi connectivity index (χ2n) is 6.98. The molecule has 0 aliphatic rings. The van der Waals surface area contributed by atoms with Gasteiger partial charge in [0.2, 0.25) is 0 Å². The minimum absolute atomic E-state index is 0.148. The number of rotatable bonds is 3. The number of carboxylic acid groups (broad SMARTS) is 1. The fraction of sp³-hybridized carbons (Fsp3) is 0.444. The third-order valence-electron chi connectivity index (χ3n) is 3.89. The monoisotopic (exact) mass is 300 g/mol. The first-order chi connectivity index (χ1) is 10.1. The third-order valence-corrected chi connectivity index (χ3v) is 3.89. The van der Waals surface area contributed by atoms with Crippen LogP contribution in [-0.2, 0) is 12.0 Å². The Balaban J connectivity index is 2.50. The molecule has 22 heavy (non-hydrogen) atoms. The molecular formula is C18H24N2O2. The summed E-state index contributed by atoms with van der Waals surface area (Å²) < 4.78 is 1.74. The number of aromatic carboxylic acids is 1. The first-order valence-corrected chi connectivity index (χ1v) is 7.48. The molecule has 1 heterocycles. The van der Waals surface area contributed by atoms with Gasteiger partial charge in [0, 0.05) is 18.2 Å². The van der Waals surface area contributed by atoms with Crippen LogP contribution in [0.2, 0.25) is 0 Å². The van der Waals surface area contributed by atoms with Gasteiger partial charge in [-0.1, -0.05) is 17.7 Å². The number of nitrogens with zero attached hydrogens (tertiary/aromatic N) is 2. The van der Waals surface area contributed by atoms with Gasteiger partial charge in [-0.25, -0.2) is 4.79 Å². The predicted molar refractivity (Wildman–Crippen MR) is 87.6 cm³/mol. The number of aromatic nitrogens is 2. The number of benzene rings is 1. The Bertz CT molecular complexity index is 698. The Hall–Kier alpha value is -2.10. The van der Waals surface area contributed by atoms with Crippen LogP contribution in [0.4, 0.5) is 0 Å². The second kappa shape index (κ2) is 5.59. The molecule has 2 rings (SSSR count). The molecule has 1 aromatic heterocycles. The molecule has 0 unspecified atom stereocenters. The summed E-state index contributed by atoms with van der Waals surface area (Å²) in [5.41, 5.74) is 5.46. The average Bonchev–Trinajstić information content (AvgIpc) is 2.77. The molecule has 0 spiro atoms. The van der Waals surface area contributed by atoms with Crippen LogP contribution in [0.1, 0.15) is 59.1 Å². The first-order valence-electron chi connectivity index (χ1n) is 7.48. The zero-order valence-corrected chi connectivity index (χ0v) is 14.2. The maximum atomic E-state index is 11.5. The summed E-state index contributed by atoms with van der Waals surface area (Å²) in [4.78, 5) is 11.5. The van der Waals surface area contributed by atoms with Gasteiger partial charge in [0.25, 0.3) is 0 Å². The van der Waals surface area contributed by atoms with Crippen LogP contribution in [0, 0.1) is 20.8 Å². The van der Waals surface area contributed by atoms with Gasteiger partial charge in [0.15, 0.2) is 5.69 Å². The van der Waals surface area contributed by atoms with Crippen LogP contribution in [-0.4, -0.2) is 20.9 Å². The summed E-state index contributed by atoms with van der Waals surface area (Å²) in [6.07, 6.45) is 2.46. The van der Waals surface area contributed by atoms with Crippen molar-refractivity contribution in [2.45, 2.75) is 53.5 Å². The highest BCUT2D eigenvalue weighted by atomic mass is 16.4. The molecule has 0 saturated heterocycles. The lowest BCUT2D eigenvalue weighted by Crippen LogP contribution is -2.22. The van der Waals surface area contributed by atoms with E-state index < -0.39 is 5.97 Å². The molecule has 2 aromatic rings. The number of aryl methyl sites for hydroxylation is 3. The molecule has 1 N–H and O–H groups in total. The first kappa shape index (κ1) is 16.3. The lowest BCUT2D eigenvalue weighted by Gasteiger charge is -2.18. The SMILES string of the molecule is Cc1cc(C)c(Cc2cn(C(C)(C)C)nc2C(=O)O)c(C)c1. The summed E-state index contributed by atoms with van der Waals surface area (Å²) in [6, 6.07) is 4.27. The largest absolute Gasteiger partial charge is 0.476 e. The minimum Gasteiger partial charge on any atom is -0.476 e. The lowest BCUT2D eigenvalue weighted by atomic mass is 9.94. The minimum atomic E-state index is -0.972. The Morgan fingerprint density at radius 2 is 1.73 bits per heavy atom. The highest BCUT2D eigenvalue weighted by molar-refractivity contribution is 5.87. The number of carbonyl (C=O) groups is 1. The Kier molecular flexibility index (Phi) is 4.14. The van der Waals surface area contributed by atoms with E-state index in [2.05, 4.69) is 38.0 Å². The van der Waals surface area contributed by atoms with E-state index in [1.807, 2.05) is 27.0 Å². The molecule has 1 aromatic carbocycles. The third kappa shape index (κ3) is 3.21. The Morgan fingerprint density at radius 1 is 1.18 bits per heavy atom. The van der Waals surface area contributed by atoms with Gasteiger partial charge >= 0.3 is 5.97 Å². The van der Waals surface area contributed by atoms with E-state index in [4.69, 9.17) is 0 Å². The van der Waals surface area contributed by atoms with Crippen molar-refractivity contribution in [1.29, 1.82) is 0 Å². The van der Waals surface area contributed by atoms with E-state index in [1.54, 1.807) is 4.68 Å². The molecule has 0 radical (unpaired) electrons. The molecule has 4 nitrogen and oxygen atoms in total. The van der Waals surface area contributed by atoms with E-state index in [9.17, 15) is 9.90 Å². The maximum absolute atomic E-state index is 11.5. The van der Waals surface area contributed by atoms with Crippen molar-refractivity contribution in [2.75, 3.05) is 0 Å². The van der Waals surface area contributed by atoms with Crippen LogP contribution < -0.4 is 0 Å². The fourth-order valence-corrected chi connectivity index (χ4v) is 2.74. The van der Waals surface area contributed by atoms with Gasteiger partial charge in [-0.05, 0) is 58.2 Å². The highest BCUT2D eigenvalue weighted by Crippen LogP contribution is 2.23. The van der Waals surface area contributed by atoms with Crippen LogP contribution >= 0.6 is 0 Å². The molecule has 4 heteroatoms. The molecule has 0 bridgehead atoms. The van der Waals surface area contributed by atoms with Crippen molar-refractivity contribution >= 4 is 5.97 Å². The van der Waals surface area contributed by atoms with Gasteiger partial charge in [0.05, 0.1) is 5.54 Å². The highest BCUT2D eigenvalue weighted by Gasteiger charge is 2.22. The molecule has 118 valence electrons. The van der Waals surface area contributed by atoms with Crippen LogP contribution in [0.15, 0.2) is 18.3 Å². The second-order valence-corrected chi connectivity index (χ2v) is 6.98. The molecule has 0 aliphatic carbocycles. The quantitative estimate of drug-likeness (QED) is 0.936.